The molecule has 128 valence electrons. The number of benzene rings is 1. The number of hydrogen-bond acceptors (Lipinski definition) is 6. The normalized spacial score (nSPS) is 11.5. The number of aromatic nitrogens is 2. The van der Waals surface area contributed by atoms with Gasteiger partial charge >= 0.3 is 18.9 Å². The molecule has 14 heteroatoms. The third kappa shape index (κ3) is 4.89. The zero-order valence-electron chi connectivity index (χ0n) is 12.7. The smallest absolute Gasteiger partial charge is 0.744 e. The minimum Gasteiger partial charge on any atom is -0.744 e. The van der Waals surface area contributed by atoms with Crippen LogP contribution in [0.4, 0.5) is 11.5 Å². The van der Waals surface area contributed by atoms with Gasteiger partial charge < -0.3 is 4.55 Å². The van der Waals surface area contributed by atoms with E-state index in [2.05, 4.69) is 14.7 Å². The molecule has 1 N–H and O–H groups in total. The van der Waals surface area contributed by atoms with Crippen molar-refractivity contribution in [1.82, 2.24) is 9.78 Å². The molecule has 2 rings (SSSR count). The third-order valence-corrected chi connectivity index (χ3v) is 4.60. The van der Waals surface area contributed by atoms with Crippen LogP contribution in [-0.2, 0) is 20.1 Å². The molecule has 25 heavy (non-hydrogen) atoms. The first-order chi connectivity index (χ1) is 10.9. The van der Waals surface area contributed by atoms with Crippen LogP contribution in [0.1, 0.15) is 0 Å². The maximum Gasteiger partial charge on any atom is 1.00 e. The van der Waals surface area contributed by atoms with Crippen molar-refractivity contribution < 1.29 is 40.2 Å². The average molecular weight is 417 g/mol. The zero-order valence-corrected chi connectivity index (χ0v) is 15.8. The first-order valence-corrected chi connectivity index (χ1v) is 9.88. The van der Waals surface area contributed by atoms with Crippen molar-refractivity contribution in [2.75, 3.05) is 11.0 Å². The Balaban J connectivity index is 0.00000312. The number of anilines is 1. The van der Waals surface area contributed by atoms with Crippen molar-refractivity contribution in [3.8, 4) is 5.69 Å². The second-order valence-corrected chi connectivity index (χ2v) is 8.41. The Kier molecular flexibility index (Phi) is 6.59. The summed E-state index contributed by atoms with van der Waals surface area (Å²) in [5, 5.41) is 3.29. The van der Waals surface area contributed by atoms with E-state index in [1.54, 1.807) is 0 Å². The molecule has 1 heterocycles. The van der Waals surface area contributed by atoms with Gasteiger partial charge in [-0.2, -0.15) is 5.10 Å². The molecular formula is C11H7Cl2LiN4O5S2. The van der Waals surface area contributed by atoms with E-state index >= 15 is 0 Å². The Labute approximate surface area is 165 Å². The largest absolute Gasteiger partial charge is 1.00 e. The number of nitrogens with zero attached hydrogens (tertiary/aromatic N) is 3. The fourth-order valence-corrected chi connectivity index (χ4v) is 3.59. The zero-order chi connectivity index (χ0) is 18.3. The van der Waals surface area contributed by atoms with Gasteiger partial charge in [-0.05, 0) is 12.1 Å². The van der Waals surface area contributed by atoms with Crippen molar-refractivity contribution in [3.63, 3.8) is 0 Å². The van der Waals surface area contributed by atoms with E-state index in [0.29, 0.717) is 0 Å². The summed E-state index contributed by atoms with van der Waals surface area (Å²) in [6.07, 6.45) is 1.94. The molecule has 0 atom stereocenters. The van der Waals surface area contributed by atoms with E-state index in [-0.39, 0.29) is 46.1 Å². The van der Waals surface area contributed by atoms with Crippen molar-refractivity contribution in [3.05, 3.63) is 39.8 Å². The number of nitrogens with one attached hydrogen (secondary N) is 1. The second-order valence-electron chi connectivity index (χ2n) is 4.47. The summed E-state index contributed by atoms with van der Waals surface area (Å²) >= 11 is 11.9. The second kappa shape index (κ2) is 7.56. The number of sulfonamides is 1. The predicted molar refractivity (Wildman–Crippen MR) is 86.3 cm³/mol. The quantitative estimate of drug-likeness (QED) is 0.387. The van der Waals surface area contributed by atoms with E-state index in [0.717, 1.165) is 29.3 Å². The third-order valence-electron chi connectivity index (χ3n) is 2.64. The van der Waals surface area contributed by atoms with Crippen LogP contribution >= 0.6 is 23.2 Å². The summed E-state index contributed by atoms with van der Waals surface area (Å²) in [6, 6.07) is 1.71. The summed E-state index contributed by atoms with van der Waals surface area (Å²) in [4.78, 5) is 2.47. The van der Waals surface area contributed by atoms with Gasteiger partial charge in [0.1, 0.15) is 21.6 Å². The van der Waals surface area contributed by atoms with E-state index < -0.39 is 25.0 Å². The first kappa shape index (κ1) is 21.8. The van der Waals surface area contributed by atoms with E-state index in [1.807, 2.05) is 0 Å². The summed E-state index contributed by atoms with van der Waals surface area (Å²) in [5.74, 6) is -0.228. The average Bonchev–Trinajstić information content (AvgIpc) is 2.77. The molecule has 0 radical (unpaired) electrons. The molecule has 0 aliphatic rings. The van der Waals surface area contributed by atoms with Crippen molar-refractivity contribution in [2.45, 2.75) is 4.90 Å². The Morgan fingerprint density at radius 1 is 1.24 bits per heavy atom. The monoisotopic (exact) mass is 416 g/mol. The minimum absolute atomic E-state index is 0. The molecule has 1 aromatic carbocycles. The van der Waals surface area contributed by atoms with Gasteiger partial charge in [-0.15, -0.1) is 0 Å². The van der Waals surface area contributed by atoms with Crippen LogP contribution < -0.4 is 23.6 Å². The van der Waals surface area contributed by atoms with E-state index in [1.165, 1.54) is 0 Å². The van der Waals surface area contributed by atoms with Gasteiger partial charge in [0, 0.05) is 0 Å². The van der Waals surface area contributed by atoms with Crippen LogP contribution in [0.3, 0.4) is 0 Å². The Morgan fingerprint density at radius 3 is 2.16 bits per heavy atom. The Bertz CT molecular complexity index is 1050. The SMILES string of the molecule is [C-]#[N+]c1cnn(-c2c(Cl)cc(S(=O)(=O)[O-])cc2Cl)c1NS(C)(=O)=O.[Li+]. The topological polar surface area (TPSA) is 126 Å². The molecule has 0 aliphatic carbocycles. The molecule has 9 nitrogen and oxygen atoms in total. The summed E-state index contributed by atoms with van der Waals surface area (Å²) in [6.45, 7) is 7.04. The molecule has 1 aromatic heterocycles. The van der Waals surface area contributed by atoms with E-state index in [9.17, 15) is 21.4 Å². The molecule has 0 spiro atoms. The molecule has 0 unspecified atom stereocenters. The fraction of sp³-hybridized carbons (Fsp3) is 0.0909. The van der Waals surface area contributed by atoms with Crippen LogP contribution in [0.5, 0.6) is 0 Å². The van der Waals surface area contributed by atoms with Gasteiger partial charge in [0.15, 0.2) is 0 Å². The number of hydrogen-bond donors (Lipinski definition) is 1. The molecule has 0 saturated heterocycles. The Hall–Kier alpha value is -1.24. The van der Waals surface area contributed by atoms with Crippen LogP contribution in [0.15, 0.2) is 23.2 Å². The maximum absolute atomic E-state index is 11.5. The molecule has 2 aromatic rings. The molecule has 0 aliphatic heterocycles. The van der Waals surface area contributed by atoms with Crippen LogP contribution in [0, 0.1) is 6.57 Å². The minimum atomic E-state index is -4.79. The van der Waals surface area contributed by atoms with Gasteiger partial charge in [-0.25, -0.2) is 26.4 Å². The van der Waals surface area contributed by atoms with Crippen LogP contribution in [0.2, 0.25) is 10.0 Å². The Morgan fingerprint density at radius 2 is 1.76 bits per heavy atom. The molecule has 0 saturated carbocycles. The van der Waals surface area contributed by atoms with Gasteiger partial charge in [-0.1, -0.05) is 23.2 Å². The fourth-order valence-electron chi connectivity index (χ4n) is 1.75. The van der Waals surface area contributed by atoms with Crippen molar-refractivity contribution in [1.29, 1.82) is 0 Å². The van der Waals surface area contributed by atoms with Gasteiger partial charge in [0.2, 0.25) is 15.7 Å². The van der Waals surface area contributed by atoms with Crippen molar-refractivity contribution in [2.24, 2.45) is 0 Å². The maximum atomic E-state index is 11.5. The van der Waals surface area contributed by atoms with Gasteiger partial charge in [-0.3, -0.25) is 4.72 Å². The summed E-state index contributed by atoms with van der Waals surface area (Å²) in [5.41, 5.74) is -0.222. The number of rotatable bonds is 4. The summed E-state index contributed by atoms with van der Waals surface area (Å²) < 4.78 is 59.2. The van der Waals surface area contributed by atoms with E-state index in [4.69, 9.17) is 29.8 Å². The summed E-state index contributed by atoms with van der Waals surface area (Å²) in [7, 11) is -8.55. The number of halogens is 2. The van der Waals surface area contributed by atoms with Crippen LogP contribution in [0.25, 0.3) is 10.5 Å². The molecule has 0 fully saturated rings. The van der Waals surface area contributed by atoms with Gasteiger partial charge in [0.05, 0.1) is 34.0 Å². The molecular weight excluding hydrogens is 410 g/mol. The first-order valence-electron chi connectivity index (χ1n) is 5.82. The van der Waals surface area contributed by atoms with Crippen LogP contribution in [-0.4, -0.2) is 37.4 Å². The molecule has 0 amide bonds. The van der Waals surface area contributed by atoms with Crippen molar-refractivity contribution >= 4 is 54.8 Å². The molecule has 0 bridgehead atoms. The standard InChI is InChI=1S/C11H8Cl2N4O5S2.Li/c1-14-9-5-15-17(11(9)16-23(2,18)19)10-7(12)3-6(4-8(10)13)24(20,21)22;/h3-5,16H,2H3,(H,20,21,22);/q;+1/p-1. The predicted octanol–water partition coefficient (Wildman–Crippen LogP) is -0.991. The van der Waals surface area contributed by atoms with Gasteiger partial charge in [0.25, 0.3) is 0 Å².